The maximum absolute atomic E-state index is 15.4. The third kappa shape index (κ3) is 9.48. The fourth-order valence-corrected chi connectivity index (χ4v) is 7.15. The van der Waals surface area contributed by atoms with Crippen LogP contribution in [0.4, 0.5) is 19.3 Å². The number of benzene rings is 3. The summed E-state index contributed by atoms with van der Waals surface area (Å²) in [6, 6.07) is 14.3. The number of carboxylic acid groups (broad SMARTS) is 1. The van der Waals surface area contributed by atoms with Crippen molar-refractivity contribution in [3.05, 3.63) is 122 Å². The first kappa shape index (κ1) is 40.0. The Balaban J connectivity index is 0.00000181. The molecule has 3 fully saturated rings. The number of ether oxygens (including phenoxy) is 4. The molecule has 0 saturated carbocycles. The average molecular weight is 789 g/mol. The van der Waals surface area contributed by atoms with E-state index in [2.05, 4.69) is 4.90 Å². The van der Waals surface area contributed by atoms with Crippen LogP contribution in [0.5, 0.6) is 11.5 Å². The molecule has 0 radical (unpaired) electrons. The van der Waals surface area contributed by atoms with Gasteiger partial charge in [0.15, 0.2) is 23.9 Å². The van der Waals surface area contributed by atoms with Gasteiger partial charge in [0.05, 0.1) is 32.0 Å². The summed E-state index contributed by atoms with van der Waals surface area (Å²) in [5.41, 5.74) is 0.606. The highest BCUT2D eigenvalue weighted by Crippen LogP contribution is 2.36. The van der Waals surface area contributed by atoms with E-state index in [0.717, 1.165) is 49.3 Å². The van der Waals surface area contributed by atoms with Gasteiger partial charge in [-0.05, 0) is 79.4 Å². The van der Waals surface area contributed by atoms with Crippen molar-refractivity contribution in [1.82, 2.24) is 4.90 Å². The Bertz CT molecular complexity index is 1960. The third-order valence-electron chi connectivity index (χ3n) is 9.28. The number of methoxy groups -OCH3 is 2. The molecule has 1 amide bonds. The van der Waals surface area contributed by atoms with Gasteiger partial charge in [-0.25, -0.2) is 18.4 Å². The molecule has 0 spiro atoms. The number of aromatic nitrogens is 1. The van der Waals surface area contributed by atoms with Gasteiger partial charge < -0.3 is 29.3 Å². The lowest BCUT2D eigenvalue weighted by Gasteiger charge is -2.44. The Morgan fingerprint density at radius 1 is 1.00 bits per heavy atom. The first-order valence-electron chi connectivity index (χ1n) is 16.8. The summed E-state index contributed by atoms with van der Waals surface area (Å²) in [4.78, 5) is 39.2. The summed E-state index contributed by atoms with van der Waals surface area (Å²) < 4.78 is 53.6. The van der Waals surface area contributed by atoms with E-state index in [1.54, 1.807) is 24.3 Å². The second-order valence-corrected chi connectivity index (χ2v) is 13.3. The predicted octanol–water partition coefficient (Wildman–Crippen LogP) is 7.00. The number of hydrogen-bond acceptors (Lipinski definition) is 9. The Hall–Kier alpha value is -5.18. The van der Waals surface area contributed by atoms with E-state index < -0.39 is 35.4 Å². The quantitative estimate of drug-likeness (QED) is 0.0731. The number of carbonyl (C=O) groups excluding carboxylic acids is 2. The molecule has 7 rings (SSSR count). The van der Waals surface area contributed by atoms with E-state index in [1.807, 2.05) is 0 Å². The number of anilines is 1. The maximum atomic E-state index is 15.4. The van der Waals surface area contributed by atoms with E-state index in [0.29, 0.717) is 39.5 Å². The van der Waals surface area contributed by atoms with Crippen LogP contribution in [0.25, 0.3) is 0 Å². The van der Waals surface area contributed by atoms with Crippen molar-refractivity contribution in [1.29, 1.82) is 0 Å². The molecule has 3 aliphatic rings. The molecule has 2 bridgehead atoms. The fourth-order valence-electron chi connectivity index (χ4n) is 6.55. The van der Waals surface area contributed by atoms with Gasteiger partial charge in [-0.3, -0.25) is 14.6 Å². The summed E-state index contributed by atoms with van der Waals surface area (Å²) in [6.07, 6.45) is 1.77. The molecule has 4 aromatic rings. The number of para-hydroxylation sites is 1. The van der Waals surface area contributed by atoms with E-state index in [4.69, 9.17) is 52.1 Å². The molecule has 12 nitrogen and oxygen atoms in total. The first-order valence-corrected chi connectivity index (χ1v) is 17.5. The van der Waals surface area contributed by atoms with Crippen LogP contribution in [-0.4, -0.2) is 68.5 Å². The summed E-state index contributed by atoms with van der Waals surface area (Å²) in [7, 11) is 2.91. The number of fused-ring (bicyclic) bond motifs is 3. The first-order chi connectivity index (χ1) is 26.0. The zero-order valence-electron chi connectivity index (χ0n) is 29.3. The normalized spacial score (nSPS) is 17.7. The molecule has 16 heteroatoms. The lowest BCUT2D eigenvalue weighted by atomic mass is 9.86. The molecule has 3 aromatic carbocycles. The molecular weight excluding hydrogens is 751 g/mol. The third-order valence-corrected chi connectivity index (χ3v) is 9.93. The van der Waals surface area contributed by atoms with Gasteiger partial charge in [0, 0.05) is 18.5 Å². The lowest BCUT2D eigenvalue weighted by molar-refractivity contribution is -0.605. The minimum absolute atomic E-state index is 0.0261. The molecule has 54 heavy (non-hydrogen) atoms. The topological polar surface area (TPSA) is 142 Å². The highest BCUT2D eigenvalue weighted by Gasteiger charge is 2.38. The van der Waals surface area contributed by atoms with Crippen molar-refractivity contribution in [2.24, 2.45) is 5.92 Å². The Morgan fingerprint density at radius 2 is 1.67 bits per heavy atom. The van der Waals surface area contributed by atoms with Crippen molar-refractivity contribution < 1.29 is 51.9 Å². The van der Waals surface area contributed by atoms with Crippen LogP contribution in [-0.2, 0) is 27.2 Å². The predicted molar refractivity (Wildman–Crippen MR) is 194 cm³/mol. The minimum Gasteiger partial charge on any atom is -0.619 e. The molecule has 3 saturated heterocycles. The highest BCUT2D eigenvalue weighted by molar-refractivity contribution is 6.35. The van der Waals surface area contributed by atoms with Crippen molar-refractivity contribution >= 4 is 47.4 Å². The molecule has 4 heterocycles. The summed E-state index contributed by atoms with van der Waals surface area (Å²) in [6.45, 7) is 2.02. The smallest absolute Gasteiger partial charge is 0.415 e. The van der Waals surface area contributed by atoms with E-state index >= 15 is 8.78 Å². The molecule has 1 N–H and O–H groups in total. The van der Waals surface area contributed by atoms with E-state index in [-0.39, 0.29) is 47.2 Å². The van der Waals surface area contributed by atoms with Gasteiger partial charge in [0.25, 0.3) is 6.47 Å². The number of piperidine rings is 3. The molecular formula is C38H37Cl2F2N3O9. The van der Waals surface area contributed by atoms with Gasteiger partial charge >= 0.3 is 12.1 Å². The standard InChI is InChI=1S/C37H35Cl2F2N3O7.CH2O2/c1-48-32-10-8-24(16-34(32)49-2)33(17-25-27(38)19-43(47)20-28(25)39)50-36(45)26-15-22(7-9-29(26)40)18-44(31-6-4-3-5-30(31)41)37(46)51-35-21-42-13-11-23(35)12-14-42;2-1-3/h3-10,15-16,19-20,23,33,35H,11-14,17-18,21H2,1-2H3;1H,(H,2,3)/t33-,35-;/m0./s1. The number of esters is 1. The molecule has 0 aliphatic carbocycles. The summed E-state index contributed by atoms with van der Waals surface area (Å²) in [5, 5.41) is 18.9. The number of pyridine rings is 1. The number of amides is 1. The largest absolute Gasteiger partial charge is 0.619 e. The van der Waals surface area contributed by atoms with Crippen molar-refractivity contribution in [3.8, 4) is 11.5 Å². The number of rotatable bonds is 11. The van der Waals surface area contributed by atoms with Crippen molar-refractivity contribution in [3.63, 3.8) is 0 Å². The summed E-state index contributed by atoms with van der Waals surface area (Å²) >= 11 is 12.7. The second kappa shape index (κ2) is 18.2. The van der Waals surface area contributed by atoms with Gasteiger partial charge in [-0.15, -0.1) is 0 Å². The van der Waals surface area contributed by atoms with E-state index in [9.17, 15) is 14.8 Å². The number of halogens is 4. The van der Waals surface area contributed by atoms with Crippen LogP contribution >= 0.6 is 23.2 Å². The molecule has 2 atom stereocenters. The maximum Gasteiger partial charge on any atom is 0.415 e. The van der Waals surface area contributed by atoms with Crippen LogP contribution in [0, 0.1) is 22.8 Å². The number of carbonyl (C=O) groups is 3. The minimum atomic E-state index is -1.09. The molecule has 286 valence electrons. The molecule has 3 aliphatic heterocycles. The molecule has 0 unspecified atom stereocenters. The van der Waals surface area contributed by atoms with Crippen LogP contribution in [0.3, 0.4) is 0 Å². The van der Waals surface area contributed by atoms with Crippen molar-refractivity contribution in [2.75, 3.05) is 38.8 Å². The average Bonchev–Trinajstić information content (AvgIpc) is 3.16. The van der Waals surface area contributed by atoms with Crippen molar-refractivity contribution in [2.45, 2.75) is 38.0 Å². The monoisotopic (exact) mass is 787 g/mol. The Morgan fingerprint density at radius 3 is 2.28 bits per heavy atom. The Labute approximate surface area is 319 Å². The SMILES string of the molecule is COc1ccc([C@H](Cc2c(Cl)c[n+]([O-])cc2Cl)OC(=O)c2cc(CN(C(=O)O[C@H]3CN4CCC3CC4)c3ccccc3F)ccc2F)cc1OC.O=CO. The van der Waals surface area contributed by atoms with Gasteiger partial charge in [0.1, 0.15) is 33.9 Å². The van der Waals surface area contributed by atoms with E-state index in [1.165, 1.54) is 44.6 Å². The second-order valence-electron chi connectivity index (χ2n) is 12.5. The van der Waals surface area contributed by atoms with Gasteiger partial charge in [0.2, 0.25) is 0 Å². The Kier molecular flexibility index (Phi) is 13.5. The number of hydrogen-bond donors (Lipinski definition) is 1. The van der Waals surface area contributed by atoms with Crippen LogP contribution in [0.1, 0.15) is 46.0 Å². The van der Waals surface area contributed by atoms with Crippen LogP contribution in [0.2, 0.25) is 10.0 Å². The fraction of sp³-hybridized carbons (Fsp3) is 0.316. The highest BCUT2D eigenvalue weighted by atomic mass is 35.5. The summed E-state index contributed by atoms with van der Waals surface area (Å²) in [5.74, 6) is -1.60. The zero-order chi connectivity index (χ0) is 38.9. The number of nitrogens with zero attached hydrogens (tertiary/aromatic N) is 3. The molecule has 1 aromatic heterocycles. The van der Waals surface area contributed by atoms with Gasteiger partial charge in [-0.1, -0.05) is 47.5 Å². The van der Waals surface area contributed by atoms with Crippen LogP contribution < -0.4 is 19.1 Å². The van der Waals surface area contributed by atoms with Crippen LogP contribution in [0.15, 0.2) is 73.1 Å². The zero-order valence-corrected chi connectivity index (χ0v) is 30.8. The lowest BCUT2D eigenvalue weighted by Crippen LogP contribution is -2.53. The van der Waals surface area contributed by atoms with Gasteiger partial charge in [-0.2, -0.15) is 4.73 Å².